The van der Waals surface area contributed by atoms with Crippen LogP contribution in [0, 0.1) is 17.3 Å². The minimum Gasteiger partial charge on any atom is -0.457 e. The molecule has 2 atom stereocenters. The number of hydrogen-bond acceptors (Lipinski definition) is 5. The third-order valence-corrected chi connectivity index (χ3v) is 3.93. The molecule has 0 aromatic rings. The van der Waals surface area contributed by atoms with Gasteiger partial charge in [0.2, 0.25) is 5.91 Å². The third kappa shape index (κ3) is 6.32. The van der Waals surface area contributed by atoms with Crippen LogP contribution in [0.4, 0.5) is 0 Å². The van der Waals surface area contributed by atoms with E-state index in [9.17, 15) is 14.4 Å². The van der Waals surface area contributed by atoms with E-state index >= 15 is 0 Å². The number of carbonyl (C=O) groups is 3. The van der Waals surface area contributed by atoms with E-state index in [2.05, 4.69) is 5.32 Å². The van der Waals surface area contributed by atoms with Crippen molar-refractivity contribution in [1.82, 2.24) is 5.32 Å². The number of nitrogens with one attached hydrogen (secondary N) is 1. The second kappa shape index (κ2) is 7.74. The summed E-state index contributed by atoms with van der Waals surface area (Å²) in [5.74, 6) is -2.04. The smallest absolute Gasteiger partial charge is 0.344 e. The fraction of sp³-hybridized carbons (Fsp3) is 0.688. The Bertz CT molecular complexity index is 547. The Morgan fingerprint density at radius 1 is 1.17 bits per heavy atom. The SMILES string of the molecule is CC(C)(C)OC(=O)COC(=O)CNC(=O)[C@H]1[C@H](C=C(Cl)Cl)C1(C)C. The Balaban J connectivity index is 2.36. The molecule has 0 spiro atoms. The fourth-order valence-electron chi connectivity index (χ4n) is 2.46. The van der Waals surface area contributed by atoms with Crippen LogP contribution in [0.25, 0.3) is 0 Å². The van der Waals surface area contributed by atoms with Crippen molar-refractivity contribution in [3.05, 3.63) is 10.6 Å². The molecule has 1 N–H and O–H groups in total. The molecule has 1 aliphatic rings. The molecule has 1 amide bonds. The molecular weight excluding hydrogens is 357 g/mol. The molecule has 0 aromatic heterocycles. The molecular formula is C16H23Cl2NO5. The molecule has 1 rings (SSSR count). The molecule has 136 valence electrons. The topological polar surface area (TPSA) is 81.7 Å². The van der Waals surface area contributed by atoms with Crippen molar-refractivity contribution in [2.45, 2.75) is 40.2 Å². The van der Waals surface area contributed by atoms with E-state index in [1.165, 1.54) is 0 Å². The van der Waals surface area contributed by atoms with Crippen molar-refractivity contribution < 1.29 is 23.9 Å². The van der Waals surface area contributed by atoms with Gasteiger partial charge in [0.15, 0.2) is 6.61 Å². The van der Waals surface area contributed by atoms with Crippen molar-refractivity contribution in [2.75, 3.05) is 13.2 Å². The van der Waals surface area contributed by atoms with Crippen molar-refractivity contribution >= 4 is 41.0 Å². The van der Waals surface area contributed by atoms with Gasteiger partial charge in [-0.2, -0.15) is 0 Å². The zero-order chi connectivity index (χ0) is 18.7. The summed E-state index contributed by atoms with van der Waals surface area (Å²) >= 11 is 11.3. The normalized spacial score (nSPS) is 21.5. The summed E-state index contributed by atoms with van der Waals surface area (Å²) in [4.78, 5) is 35.1. The summed E-state index contributed by atoms with van der Waals surface area (Å²) in [6.07, 6.45) is 1.62. The number of hydrogen-bond donors (Lipinski definition) is 1. The molecule has 0 radical (unpaired) electrons. The molecule has 24 heavy (non-hydrogen) atoms. The first-order valence-corrected chi connectivity index (χ1v) is 8.28. The van der Waals surface area contributed by atoms with Gasteiger partial charge in [0.25, 0.3) is 0 Å². The highest BCUT2D eigenvalue weighted by Crippen LogP contribution is 2.59. The highest BCUT2D eigenvalue weighted by Gasteiger charge is 2.60. The molecule has 0 saturated heterocycles. The average molecular weight is 380 g/mol. The van der Waals surface area contributed by atoms with Crippen molar-refractivity contribution in [1.29, 1.82) is 0 Å². The van der Waals surface area contributed by atoms with Gasteiger partial charge in [-0.3, -0.25) is 9.59 Å². The lowest BCUT2D eigenvalue weighted by atomic mass is 10.1. The number of esters is 2. The Hall–Kier alpha value is -1.27. The summed E-state index contributed by atoms with van der Waals surface area (Å²) in [5.41, 5.74) is -0.930. The Labute approximate surface area is 151 Å². The Morgan fingerprint density at radius 2 is 1.75 bits per heavy atom. The van der Waals surface area contributed by atoms with Crippen LogP contribution in [0.5, 0.6) is 0 Å². The largest absolute Gasteiger partial charge is 0.457 e. The molecule has 1 fully saturated rings. The third-order valence-electron chi connectivity index (χ3n) is 3.68. The summed E-state index contributed by atoms with van der Waals surface area (Å²) in [5, 5.41) is 2.49. The van der Waals surface area contributed by atoms with E-state index in [1.54, 1.807) is 26.8 Å². The zero-order valence-corrected chi connectivity index (χ0v) is 16.0. The van der Waals surface area contributed by atoms with Gasteiger partial charge in [0.1, 0.15) is 16.6 Å². The predicted octanol–water partition coefficient (Wildman–Crippen LogP) is 2.58. The monoisotopic (exact) mass is 379 g/mol. The van der Waals surface area contributed by atoms with Gasteiger partial charge in [-0.15, -0.1) is 0 Å². The van der Waals surface area contributed by atoms with Crippen LogP contribution in [0.15, 0.2) is 10.6 Å². The van der Waals surface area contributed by atoms with E-state index in [4.69, 9.17) is 32.7 Å². The van der Waals surface area contributed by atoms with Gasteiger partial charge in [0, 0.05) is 0 Å². The maximum absolute atomic E-state index is 12.1. The van der Waals surface area contributed by atoms with Gasteiger partial charge in [-0.25, -0.2) is 4.79 Å². The lowest BCUT2D eigenvalue weighted by molar-refractivity contribution is -0.166. The van der Waals surface area contributed by atoms with Crippen LogP contribution in [-0.4, -0.2) is 36.6 Å². The lowest BCUT2D eigenvalue weighted by Gasteiger charge is -2.19. The lowest BCUT2D eigenvalue weighted by Crippen LogP contribution is -2.34. The molecule has 0 unspecified atom stereocenters. The molecule has 0 aliphatic heterocycles. The minimum atomic E-state index is -0.713. The van der Waals surface area contributed by atoms with E-state index in [-0.39, 0.29) is 34.2 Å². The Kier molecular flexibility index (Phi) is 6.70. The van der Waals surface area contributed by atoms with Gasteiger partial charge in [-0.05, 0) is 38.2 Å². The first kappa shape index (κ1) is 20.8. The number of carbonyl (C=O) groups excluding carboxylic acids is 3. The summed E-state index contributed by atoms with van der Waals surface area (Å²) in [6.45, 7) is 8.15. The highest BCUT2D eigenvalue weighted by atomic mass is 35.5. The first-order valence-electron chi connectivity index (χ1n) is 7.52. The van der Waals surface area contributed by atoms with Crippen LogP contribution < -0.4 is 5.32 Å². The molecule has 0 bridgehead atoms. The van der Waals surface area contributed by atoms with E-state index in [0.717, 1.165) is 0 Å². The number of halogens is 2. The van der Waals surface area contributed by atoms with Crippen LogP contribution in [0.1, 0.15) is 34.6 Å². The van der Waals surface area contributed by atoms with Crippen LogP contribution in [-0.2, 0) is 23.9 Å². The predicted molar refractivity (Wildman–Crippen MR) is 90.4 cm³/mol. The second-order valence-electron chi connectivity index (χ2n) is 7.25. The number of ether oxygens (including phenoxy) is 2. The van der Waals surface area contributed by atoms with Crippen molar-refractivity contribution in [2.24, 2.45) is 17.3 Å². The minimum absolute atomic E-state index is 0.0831. The highest BCUT2D eigenvalue weighted by molar-refractivity contribution is 6.55. The van der Waals surface area contributed by atoms with Gasteiger partial charge < -0.3 is 14.8 Å². The summed E-state index contributed by atoms with van der Waals surface area (Å²) in [7, 11) is 0. The maximum Gasteiger partial charge on any atom is 0.344 e. The van der Waals surface area contributed by atoms with E-state index in [0.29, 0.717) is 0 Å². The van der Waals surface area contributed by atoms with Gasteiger partial charge in [0.05, 0.1) is 5.92 Å². The molecule has 0 aromatic carbocycles. The number of allylic oxidation sites excluding steroid dienone is 1. The molecule has 8 heteroatoms. The standard InChI is InChI=1S/C16H23Cl2NO5/c1-15(2,3)24-12(21)8-23-11(20)7-19-14(22)13-9(6-10(17)18)16(13,4)5/h6,9,13H,7-8H2,1-5H3,(H,19,22)/t9-,13+/m0/s1. The first-order chi connectivity index (χ1) is 10.8. The van der Waals surface area contributed by atoms with Crippen LogP contribution >= 0.6 is 23.2 Å². The molecule has 1 aliphatic carbocycles. The maximum atomic E-state index is 12.1. The van der Waals surface area contributed by atoms with Gasteiger partial charge >= 0.3 is 11.9 Å². The zero-order valence-electron chi connectivity index (χ0n) is 14.4. The second-order valence-corrected chi connectivity index (χ2v) is 8.25. The van der Waals surface area contributed by atoms with Crippen LogP contribution in [0.2, 0.25) is 0 Å². The molecule has 0 heterocycles. The van der Waals surface area contributed by atoms with E-state index < -0.39 is 24.1 Å². The molecule has 6 nitrogen and oxygen atoms in total. The van der Waals surface area contributed by atoms with Crippen molar-refractivity contribution in [3.8, 4) is 0 Å². The summed E-state index contributed by atoms with van der Waals surface area (Å²) in [6, 6.07) is 0. The van der Waals surface area contributed by atoms with Crippen LogP contribution in [0.3, 0.4) is 0 Å². The fourth-order valence-corrected chi connectivity index (χ4v) is 2.73. The van der Waals surface area contributed by atoms with E-state index in [1.807, 2.05) is 13.8 Å². The summed E-state index contributed by atoms with van der Waals surface area (Å²) < 4.78 is 9.88. The Morgan fingerprint density at radius 3 is 2.25 bits per heavy atom. The average Bonchev–Trinajstić information content (AvgIpc) is 2.92. The number of amides is 1. The number of rotatable bonds is 6. The van der Waals surface area contributed by atoms with Gasteiger partial charge in [-0.1, -0.05) is 37.0 Å². The molecule has 1 saturated carbocycles. The quantitative estimate of drug-likeness (QED) is 0.717. The van der Waals surface area contributed by atoms with Crippen molar-refractivity contribution in [3.63, 3.8) is 0 Å².